The zero-order valence-electron chi connectivity index (χ0n) is 13.1. The van der Waals surface area contributed by atoms with Gasteiger partial charge in [0.15, 0.2) is 0 Å². The largest absolute Gasteiger partial charge is 0.481 e. The van der Waals surface area contributed by atoms with Gasteiger partial charge in [-0.25, -0.2) is 4.79 Å². The fourth-order valence-electron chi connectivity index (χ4n) is 3.27. The molecule has 0 aliphatic heterocycles. The molecule has 0 spiro atoms. The summed E-state index contributed by atoms with van der Waals surface area (Å²) in [5, 5.41) is 9.14. The number of carboxylic acids is 1. The monoisotopic (exact) mass is 292 g/mol. The highest BCUT2D eigenvalue weighted by Crippen LogP contribution is 2.46. The third-order valence-corrected chi connectivity index (χ3v) is 4.30. The number of hydrogen-bond acceptors (Lipinski definition) is 3. The van der Waals surface area contributed by atoms with Gasteiger partial charge in [0.25, 0.3) is 0 Å². The van der Waals surface area contributed by atoms with E-state index in [0.717, 1.165) is 30.5 Å². The lowest BCUT2D eigenvalue weighted by Gasteiger charge is -2.17. The van der Waals surface area contributed by atoms with E-state index in [9.17, 15) is 9.59 Å². The van der Waals surface area contributed by atoms with Crippen molar-refractivity contribution in [1.29, 1.82) is 0 Å². The topological polar surface area (TPSA) is 72.2 Å². The number of carbonyl (C=O) groups is 1. The smallest absolute Gasteiger partial charge is 0.348 e. The summed E-state index contributed by atoms with van der Waals surface area (Å²) >= 11 is 0. The summed E-state index contributed by atoms with van der Waals surface area (Å²) in [6, 6.07) is 0.221. The minimum atomic E-state index is -0.868. The Labute approximate surface area is 125 Å². The second-order valence-electron chi connectivity index (χ2n) is 5.77. The molecule has 1 saturated carbocycles. The maximum atomic E-state index is 12.4. The van der Waals surface area contributed by atoms with E-state index < -0.39 is 5.97 Å². The first-order valence-corrected chi connectivity index (χ1v) is 7.88. The number of nitrogens with zero attached hydrogens (tertiary/aromatic N) is 2. The molecule has 5 nitrogen and oxygen atoms in total. The van der Waals surface area contributed by atoms with Crippen molar-refractivity contribution in [2.45, 2.75) is 65.3 Å². The normalized spacial score (nSPS) is 20.5. The standard InChI is InChI=1S/C16H24N2O3/c1-4-7-10-8-14(10)18-13(6-3)11(9-15(19)20)12(5-2)17-16(18)21/h10,14H,4-9H2,1-3H3,(H,19,20). The molecule has 0 saturated heterocycles. The van der Waals surface area contributed by atoms with Gasteiger partial charge in [0.05, 0.1) is 12.1 Å². The van der Waals surface area contributed by atoms with Crippen LogP contribution in [0.4, 0.5) is 0 Å². The first-order valence-electron chi connectivity index (χ1n) is 7.88. The SMILES string of the molecule is CCCC1CC1n1c(CC)c(CC(=O)O)c(CC)nc1=O. The summed E-state index contributed by atoms with van der Waals surface area (Å²) in [6.07, 6.45) is 4.45. The van der Waals surface area contributed by atoms with Crippen molar-refractivity contribution in [2.75, 3.05) is 0 Å². The molecule has 2 unspecified atom stereocenters. The molecular weight excluding hydrogens is 268 g/mol. The van der Waals surface area contributed by atoms with Crippen molar-refractivity contribution in [2.24, 2.45) is 5.92 Å². The first-order chi connectivity index (χ1) is 10.0. The summed E-state index contributed by atoms with van der Waals surface area (Å²) < 4.78 is 1.78. The maximum Gasteiger partial charge on any atom is 0.348 e. The lowest BCUT2D eigenvalue weighted by atomic mass is 10.0. The Morgan fingerprint density at radius 1 is 1.33 bits per heavy atom. The molecule has 1 heterocycles. The van der Waals surface area contributed by atoms with E-state index in [2.05, 4.69) is 11.9 Å². The van der Waals surface area contributed by atoms with Gasteiger partial charge in [0, 0.05) is 17.3 Å². The van der Waals surface area contributed by atoms with E-state index in [1.54, 1.807) is 4.57 Å². The molecular formula is C16H24N2O3. The molecule has 1 aromatic heterocycles. The zero-order chi connectivity index (χ0) is 15.6. The summed E-state index contributed by atoms with van der Waals surface area (Å²) in [7, 11) is 0. The van der Waals surface area contributed by atoms with E-state index in [-0.39, 0.29) is 18.2 Å². The molecule has 1 fully saturated rings. The highest BCUT2D eigenvalue weighted by Gasteiger charge is 2.40. The van der Waals surface area contributed by atoms with Gasteiger partial charge >= 0.3 is 11.7 Å². The van der Waals surface area contributed by atoms with Crippen LogP contribution in [0.2, 0.25) is 0 Å². The van der Waals surface area contributed by atoms with Crippen LogP contribution in [0.1, 0.15) is 63.0 Å². The zero-order valence-corrected chi connectivity index (χ0v) is 13.1. The summed E-state index contributed by atoms with van der Waals surface area (Å²) in [5.41, 5.74) is 2.05. The summed E-state index contributed by atoms with van der Waals surface area (Å²) in [5.74, 6) is -0.322. The Morgan fingerprint density at radius 3 is 2.57 bits per heavy atom. The number of rotatable bonds is 7. The molecule has 1 aliphatic carbocycles. The van der Waals surface area contributed by atoms with Crippen LogP contribution in [-0.2, 0) is 24.1 Å². The van der Waals surface area contributed by atoms with Crippen LogP contribution in [0.3, 0.4) is 0 Å². The number of carboxylic acid groups (broad SMARTS) is 1. The molecule has 21 heavy (non-hydrogen) atoms. The molecule has 0 aromatic carbocycles. The summed E-state index contributed by atoms with van der Waals surface area (Å²) in [4.78, 5) is 27.6. The van der Waals surface area contributed by atoms with Gasteiger partial charge in [-0.2, -0.15) is 4.98 Å². The lowest BCUT2D eigenvalue weighted by Crippen LogP contribution is -2.30. The van der Waals surface area contributed by atoms with E-state index >= 15 is 0 Å². The van der Waals surface area contributed by atoms with Crippen LogP contribution in [0.5, 0.6) is 0 Å². The molecule has 1 aliphatic rings. The molecule has 0 radical (unpaired) electrons. The number of hydrogen-bond donors (Lipinski definition) is 1. The average molecular weight is 292 g/mol. The Hall–Kier alpha value is -1.65. The van der Waals surface area contributed by atoms with Crippen molar-refractivity contribution >= 4 is 5.97 Å². The fraction of sp³-hybridized carbons (Fsp3) is 0.688. The third kappa shape index (κ3) is 3.17. The van der Waals surface area contributed by atoms with E-state index in [0.29, 0.717) is 24.5 Å². The molecule has 1 aromatic rings. The molecule has 5 heteroatoms. The molecule has 2 atom stereocenters. The number of aryl methyl sites for hydroxylation is 1. The van der Waals surface area contributed by atoms with Gasteiger partial charge in [0.2, 0.25) is 0 Å². The minimum Gasteiger partial charge on any atom is -0.481 e. The Balaban J connectivity index is 2.50. The molecule has 116 valence electrons. The van der Waals surface area contributed by atoms with Crippen molar-refractivity contribution < 1.29 is 9.90 Å². The fourth-order valence-corrected chi connectivity index (χ4v) is 3.27. The molecule has 1 N–H and O–H groups in total. The minimum absolute atomic E-state index is 0.0508. The third-order valence-electron chi connectivity index (χ3n) is 4.30. The summed E-state index contributed by atoms with van der Waals surface area (Å²) in [6.45, 7) is 6.04. The van der Waals surface area contributed by atoms with Crippen molar-refractivity contribution in [3.05, 3.63) is 27.4 Å². The van der Waals surface area contributed by atoms with Gasteiger partial charge in [-0.1, -0.05) is 27.2 Å². The molecule has 0 amide bonds. The Kier molecular flexibility index (Phi) is 4.80. The van der Waals surface area contributed by atoms with Crippen LogP contribution in [0.15, 0.2) is 4.79 Å². The van der Waals surface area contributed by atoms with E-state index in [1.807, 2.05) is 13.8 Å². The quantitative estimate of drug-likeness (QED) is 0.837. The highest BCUT2D eigenvalue weighted by atomic mass is 16.4. The molecule has 0 bridgehead atoms. The van der Waals surface area contributed by atoms with Crippen LogP contribution >= 0.6 is 0 Å². The second-order valence-corrected chi connectivity index (χ2v) is 5.77. The van der Waals surface area contributed by atoms with Crippen LogP contribution in [-0.4, -0.2) is 20.6 Å². The van der Waals surface area contributed by atoms with Crippen molar-refractivity contribution in [1.82, 2.24) is 9.55 Å². The number of aromatic nitrogens is 2. The molecule has 2 rings (SSSR count). The van der Waals surface area contributed by atoms with Gasteiger partial charge in [-0.15, -0.1) is 0 Å². The van der Waals surface area contributed by atoms with Gasteiger partial charge in [-0.05, 0) is 31.6 Å². The average Bonchev–Trinajstić information content (AvgIpc) is 3.18. The van der Waals surface area contributed by atoms with Gasteiger partial charge in [-0.3, -0.25) is 9.36 Å². The van der Waals surface area contributed by atoms with Gasteiger partial charge in [0.1, 0.15) is 0 Å². The first kappa shape index (κ1) is 15.7. The highest BCUT2D eigenvalue weighted by molar-refractivity contribution is 5.71. The van der Waals surface area contributed by atoms with Crippen molar-refractivity contribution in [3.63, 3.8) is 0 Å². The maximum absolute atomic E-state index is 12.4. The van der Waals surface area contributed by atoms with Crippen LogP contribution in [0, 0.1) is 5.92 Å². The Bertz CT molecular complexity index is 592. The predicted octanol–water partition coefficient (Wildman–Crippen LogP) is 2.36. The Morgan fingerprint density at radius 2 is 2.05 bits per heavy atom. The number of aliphatic carboxylic acids is 1. The second kappa shape index (κ2) is 6.41. The van der Waals surface area contributed by atoms with Gasteiger partial charge < -0.3 is 5.11 Å². The van der Waals surface area contributed by atoms with Crippen LogP contribution in [0.25, 0.3) is 0 Å². The predicted molar refractivity (Wildman–Crippen MR) is 80.6 cm³/mol. The van der Waals surface area contributed by atoms with Crippen molar-refractivity contribution in [3.8, 4) is 0 Å². The van der Waals surface area contributed by atoms with E-state index in [1.165, 1.54) is 0 Å². The van der Waals surface area contributed by atoms with Crippen LogP contribution < -0.4 is 5.69 Å². The lowest BCUT2D eigenvalue weighted by molar-refractivity contribution is -0.136. The van der Waals surface area contributed by atoms with E-state index in [4.69, 9.17) is 5.11 Å².